The molecular formula is C24H29NO5. The molecule has 0 bridgehead atoms. The summed E-state index contributed by atoms with van der Waals surface area (Å²) in [5.74, 6) is -0.820. The van der Waals surface area contributed by atoms with Crippen molar-refractivity contribution < 1.29 is 24.5 Å². The van der Waals surface area contributed by atoms with Gasteiger partial charge in [-0.3, -0.25) is 14.5 Å². The first-order valence-electron chi connectivity index (χ1n) is 10.7. The molecule has 2 saturated heterocycles. The maximum Gasteiger partial charge on any atom is 0.233 e. The molecule has 1 aliphatic carbocycles. The first-order chi connectivity index (χ1) is 14.4. The van der Waals surface area contributed by atoms with Crippen molar-refractivity contribution in [3.05, 3.63) is 46.5 Å². The van der Waals surface area contributed by atoms with Gasteiger partial charge in [-0.25, -0.2) is 0 Å². The summed E-state index contributed by atoms with van der Waals surface area (Å²) in [7, 11) is 1.55. The Morgan fingerprint density at radius 3 is 2.60 bits per heavy atom. The highest BCUT2D eigenvalue weighted by molar-refractivity contribution is 6.05. The summed E-state index contributed by atoms with van der Waals surface area (Å²) in [5, 5.41) is 19.4. The molecule has 0 unspecified atom stereocenters. The number of nitrogens with zero attached hydrogens (tertiary/aromatic N) is 1. The number of fused-ring (bicyclic) bond motifs is 3. The predicted octanol–water partition coefficient (Wildman–Crippen LogP) is 2.90. The number of imide groups is 1. The van der Waals surface area contributed by atoms with Gasteiger partial charge in [0.15, 0.2) is 0 Å². The first-order valence-corrected chi connectivity index (χ1v) is 10.7. The fraction of sp³-hybridized carbons (Fsp3) is 0.500. The highest BCUT2D eigenvalue weighted by Gasteiger charge is 2.55. The molecular weight excluding hydrogens is 382 g/mol. The lowest BCUT2D eigenvalue weighted by Gasteiger charge is -2.31. The van der Waals surface area contributed by atoms with E-state index in [1.807, 2.05) is 12.1 Å². The van der Waals surface area contributed by atoms with Gasteiger partial charge >= 0.3 is 0 Å². The van der Waals surface area contributed by atoms with Gasteiger partial charge in [-0.15, -0.1) is 0 Å². The van der Waals surface area contributed by atoms with Crippen molar-refractivity contribution in [3.63, 3.8) is 0 Å². The van der Waals surface area contributed by atoms with Gasteiger partial charge in [0.1, 0.15) is 5.75 Å². The summed E-state index contributed by atoms with van der Waals surface area (Å²) >= 11 is 0. The molecule has 2 N–H and O–H groups in total. The maximum atomic E-state index is 12.7. The lowest BCUT2D eigenvalue weighted by atomic mass is 9.69. The Morgan fingerprint density at radius 1 is 1.20 bits per heavy atom. The summed E-state index contributed by atoms with van der Waals surface area (Å²) in [6.45, 7) is 2.46. The first kappa shape index (κ1) is 20.8. The van der Waals surface area contributed by atoms with Crippen LogP contribution in [-0.2, 0) is 14.3 Å². The number of benzene rings is 1. The number of hydrogen-bond acceptors (Lipinski definition) is 5. The monoisotopic (exact) mass is 411 g/mol. The Balaban J connectivity index is 1.52. The lowest BCUT2D eigenvalue weighted by molar-refractivity contribution is -0.138. The minimum Gasteiger partial charge on any atom is -0.508 e. The Kier molecular flexibility index (Phi) is 5.80. The molecule has 2 fully saturated rings. The highest BCUT2D eigenvalue weighted by atomic mass is 16.5. The van der Waals surface area contributed by atoms with Gasteiger partial charge in [-0.1, -0.05) is 30.7 Å². The zero-order chi connectivity index (χ0) is 21.4. The third-order valence-electron chi connectivity index (χ3n) is 6.86. The van der Waals surface area contributed by atoms with Gasteiger partial charge < -0.3 is 14.9 Å². The van der Waals surface area contributed by atoms with Crippen LogP contribution >= 0.6 is 0 Å². The van der Waals surface area contributed by atoms with Crippen molar-refractivity contribution in [2.45, 2.75) is 38.7 Å². The van der Waals surface area contributed by atoms with E-state index in [0.29, 0.717) is 13.0 Å². The van der Waals surface area contributed by atoms with E-state index in [0.717, 1.165) is 36.0 Å². The summed E-state index contributed by atoms with van der Waals surface area (Å²) in [4.78, 5) is 26.4. The SMILES string of the molecule is CC/C(=C\c1ccc(O)cc1)CC[C@H]1OC[C@H]2C1=C(CO)C[C@H]1C(=O)N(C)C(=O)[C@H]12. The standard InChI is InChI=1S/C24H29NO5/c1-3-14(10-15-4-7-17(27)8-5-15)6-9-20-21-16(12-26)11-18-22(19(21)13-30-20)24(29)25(2)23(18)28/h4-5,7-8,10,18-20,22,26-27H,3,6,9,11-13H2,1-2H3/b14-10+/t18-,19+,20-,22-/m1/s1. The van der Waals surface area contributed by atoms with Crippen molar-refractivity contribution in [1.82, 2.24) is 4.90 Å². The average Bonchev–Trinajstić information content (AvgIpc) is 3.27. The molecule has 2 amide bonds. The second-order valence-electron chi connectivity index (χ2n) is 8.50. The van der Waals surface area contributed by atoms with E-state index in [2.05, 4.69) is 13.0 Å². The second kappa shape index (κ2) is 8.36. The molecule has 6 heteroatoms. The molecule has 0 saturated carbocycles. The number of aliphatic hydroxyl groups excluding tert-OH is 1. The number of phenols is 1. The molecule has 0 radical (unpaired) electrons. The average molecular weight is 411 g/mol. The van der Waals surface area contributed by atoms with Gasteiger partial charge in [0.05, 0.1) is 31.2 Å². The summed E-state index contributed by atoms with van der Waals surface area (Å²) in [5.41, 5.74) is 4.25. The van der Waals surface area contributed by atoms with Crippen LogP contribution in [0.15, 0.2) is 41.0 Å². The fourth-order valence-electron chi connectivity index (χ4n) is 5.25. The minimum absolute atomic E-state index is 0.0932. The Hall–Kier alpha value is -2.44. The third-order valence-corrected chi connectivity index (χ3v) is 6.86. The van der Waals surface area contributed by atoms with Gasteiger partial charge in [-0.2, -0.15) is 0 Å². The zero-order valence-electron chi connectivity index (χ0n) is 17.5. The van der Waals surface area contributed by atoms with Crippen molar-refractivity contribution in [3.8, 4) is 5.75 Å². The molecule has 4 rings (SSSR count). The fourth-order valence-corrected chi connectivity index (χ4v) is 5.25. The van der Waals surface area contributed by atoms with Crippen molar-refractivity contribution >= 4 is 17.9 Å². The largest absolute Gasteiger partial charge is 0.508 e. The number of carbonyl (C=O) groups excluding carboxylic acids is 2. The number of ether oxygens (including phenoxy) is 1. The van der Waals surface area contributed by atoms with Gasteiger partial charge in [0.2, 0.25) is 11.8 Å². The van der Waals surface area contributed by atoms with Crippen LogP contribution in [0.5, 0.6) is 5.75 Å². The molecule has 30 heavy (non-hydrogen) atoms. The molecule has 2 heterocycles. The van der Waals surface area contributed by atoms with Crippen LogP contribution in [0.25, 0.3) is 6.08 Å². The number of aliphatic hydroxyl groups is 1. The molecule has 3 aliphatic rings. The number of likely N-dealkylation sites (tertiary alicyclic amines) is 1. The number of phenolic OH excluding ortho intramolecular Hbond substituents is 1. The normalized spacial score (nSPS) is 28.9. The smallest absolute Gasteiger partial charge is 0.233 e. The number of aromatic hydroxyl groups is 1. The van der Waals surface area contributed by atoms with Crippen LogP contribution in [0, 0.1) is 17.8 Å². The van der Waals surface area contributed by atoms with E-state index < -0.39 is 0 Å². The van der Waals surface area contributed by atoms with Crippen LogP contribution < -0.4 is 0 Å². The molecule has 4 atom stereocenters. The Labute approximate surface area is 176 Å². The quantitative estimate of drug-likeness (QED) is 0.555. The van der Waals surface area contributed by atoms with E-state index in [4.69, 9.17) is 4.74 Å². The number of hydrogen-bond donors (Lipinski definition) is 2. The van der Waals surface area contributed by atoms with Gasteiger partial charge in [-0.05, 0) is 54.5 Å². The second-order valence-corrected chi connectivity index (χ2v) is 8.50. The number of carbonyl (C=O) groups is 2. The number of amides is 2. The summed E-state index contributed by atoms with van der Waals surface area (Å²) in [6.07, 6.45) is 5.00. The van der Waals surface area contributed by atoms with Gasteiger partial charge in [0.25, 0.3) is 0 Å². The molecule has 160 valence electrons. The van der Waals surface area contributed by atoms with Crippen LogP contribution in [0.4, 0.5) is 0 Å². The van der Waals surface area contributed by atoms with Crippen LogP contribution in [0.1, 0.15) is 38.2 Å². The van der Waals surface area contributed by atoms with Crippen LogP contribution in [0.3, 0.4) is 0 Å². The van der Waals surface area contributed by atoms with Gasteiger partial charge in [0, 0.05) is 13.0 Å². The third kappa shape index (κ3) is 3.59. The predicted molar refractivity (Wildman–Crippen MR) is 112 cm³/mol. The van der Waals surface area contributed by atoms with Crippen molar-refractivity contribution in [2.75, 3.05) is 20.3 Å². The Morgan fingerprint density at radius 2 is 1.93 bits per heavy atom. The zero-order valence-corrected chi connectivity index (χ0v) is 17.5. The highest BCUT2D eigenvalue weighted by Crippen LogP contribution is 2.49. The number of allylic oxidation sites excluding steroid dienone is 1. The van der Waals surface area contributed by atoms with Crippen LogP contribution in [-0.4, -0.2) is 53.3 Å². The molecule has 6 nitrogen and oxygen atoms in total. The Bertz CT molecular complexity index is 901. The van der Waals surface area contributed by atoms with E-state index in [1.165, 1.54) is 10.5 Å². The van der Waals surface area contributed by atoms with Crippen LogP contribution in [0.2, 0.25) is 0 Å². The van der Waals surface area contributed by atoms with E-state index >= 15 is 0 Å². The summed E-state index contributed by atoms with van der Waals surface area (Å²) < 4.78 is 6.11. The number of rotatable bonds is 6. The minimum atomic E-state index is -0.360. The molecule has 0 aromatic heterocycles. The van der Waals surface area contributed by atoms with E-state index in [9.17, 15) is 19.8 Å². The maximum absolute atomic E-state index is 12.7. The lowest BCUT2D eigenvalue weighted by Crippen LogP contribution is -2.34. The summed E-state index contributed by atoms with van der Waals surface area (Å²) in [6, 6.07) is 7.13. The topological polar surface area (TPSA) is 87.1 Å². The van der Waals surface area contributed by atoms with Crippen molar-refractivity contribution in [1.29, 1.82) is 0 Å². The van der Waals surface area contributed by atoms with E-state index in [-0.39, 0.29) is 48.0 Å². The van der Waals surface area contributed by atoms with E-state index in [1.54, 1.807) is 19.2 Å². The molecule has 1 aromatic carbocycles. The molecule has 1 aromatic rings. The molecule has 2 aliphatic heterocycles. The van der Waals surface area contributed by atoms with Crippen molar-refractivity contribution in [2.24, 2.45) is 17.8 Å². The molecule has 0 spiro atoms.